The van der Waals surface area contributed by atoms with E-state index in [2.05, 4.69) is 4.98 Å². The number of nitrogens with one attached hydrogen (secondary N) is 1. The van der Waals surface area contributed by atoms with Crippen molar-refractivity contribution in [1.82, 2.24) is 4.98 Å². The van der Waals surface area contributed by atoms with Gasteiger partial charge in [-0.15, -0.1) is 0 Å². The van der Waals surface area contributed by atoms with Gasteiger partial charge in [0.25, 0.3) is 0 Å². The largest absolute Gasteiger partial charge is 0.475 e. The average molecular weight is 209 g/mol. The molecule has 0 atom stereocenters. The summed E-state index contributed by atoms with van der Waals surface area (Å²) in [6, 6.07) is 3.30. The number of nitrogen functional groups attached to an aromatic ring is 1. The number of ether oxygens (including phenoxy) is 2. The maximum Gasteiger partial charge on any atom is 0.213 e. The molecule has 0 aliphatic carbocycles. The molecule has 0 fully saturated rings. The highest BCUT2D eigenvalue weighted by molar-refractivity contribution is 5.95. The van der Waals surface area contributed by atoms with E-state index in [-0.39, 0.29) is 5.84 Å². The number of hydrogen-bond donors (Lipinski definition) is 2. The van der Waals surface area contributed by atoms with Gasteiger partial charge in [-0.2, -0.15) is 0 Å². The predicted octanol–water partition coefficient (Wildman–Crippen LogP) is 0.781. The number of amidine groups is 1. The minimum atomic E-state index is 0.00654. The van der Waals surface area contributed by atoms with E-state index in [1.807, 2.05) is 6.92 Å². The molecule has 1 aromatic heterocycles. The Labute approximate surface area is 88.7 Å². The Hall–Kier alpha value is -1.62. The molecule has 0 unspecified atom stereocenters. The highest BCUT2D eigenvalue weighted by Crippen LogP contribution is 2.08. The van der Waals surface area contributed by atoms with E-state index in [1.54, 1.807) is 18.3 Å². The molecule has 1 heterocycles. The molecule has 0 amide bonds. The molecule has 0 spiro atoms. The fraction of sp³-hybridized carbons (Fsp3) is 0.400. The molecule has 0 bridgehead atoms. The second-order valence-electron chi connectivity index (χ2n) is 2.84. The molecule has 0 aromatic carbocycles. The zero-order valence-corrected chi connectivity index (χ0v) is 8.69. The van der Waals surface area contributed by atoms with Crippen LogP contribution in [0.5, 0.6) is 5.88 Å². The Morgan fingerprint density at radius 2 is 2.33 bits per heavy atom. The second kappa shape index (κ2) is 5.98. The first kappa shape index (κ1) is 11.5. The average Bonchev–Trinajstić information content (AvgIpc) is 2.25. The van der Waals surface area contributed by atoms with Crippen molar-refractivity contribution in [3.8, 4) is 5.88 Å². The van der Waals surface area contributed by atoms with Crippen LogP contribution in [0.1, 0.15) is 12.5 Å². The Morgan fingerprint density at radius 1 is 1.53 bits per heavy atom. The lowest BCUT2D eigenvalue weighted by molar-refractivity contribution is 0.108. The molecule has 0 aliphatic rings. The standard InChI is InChI=1S/C10H15N3O2/c1-2-14-5-6-15-9-7-8(10(11)12)3-4-13-9/h3-4,7H,2,5-6H2,1H3,(H3,11,12). The van der Waals surface area contributed by atoms with E-state index in [9.17, 15) is 0 Å². The number of nitrogens with zero attached hydrogens (tertiary/aromatic N) is 1. The molecular formula is C10H15N3O2. The minimum Gasteiger partial charge on any atom is -0.475 e. The van der Waals surface area contributed by atoms with Crippen molar-refractivity contribution in [3.05, 3.63) is 23.9 Å². The third-order valence-electron chi connectivity index (χ3n) is 1.73. The summed E-state index contributed by atoms with van der Waals surface area (Å²) >= 11 is 0. The first-order chi connectivity index (χ1) is 7.24. The molecule has 0 aliphatic heterocycles. The van der Waals surface area contributed by atoms with Gasteiger partial charge in [-0.25, -0.2) is 4.98 Å². The van der Waals surface area contributed by atoms with Gasteiger partial charge in [0.05, 0.1) is 6.61 Å². The zero-order valence-electron chi connectivity index (χ0n) is 8.69. The summed E-state index contributed by atoms with van der Waals surface area (Å²) in [6.07, 6.45) is 1.56. The highest BCUT2D eigenvalue weighted by Gasteiger charge is 2.00. The first-order valence-electron chi connectivity index (χ1n) is 4.75. The summed E-state index contributed by atoms with van der Waals surface area (Å²) in [5, 5.41) is 7.24. The number of nitrogens with two attached hydrogens (primary N) is 1. The maximum atomic E-state index is 7.24. The molecule has 82 valence electrons. The molecule has 5 heteroatoms. The number of rotatable bonds is 6. The zero-order chi connectivity index (χ0) is 11.1. The Morgan fingerprint density at radius 3 is 3.00 bits per heavy atom. The van der Waals surface area contributed by atoms with Gasteiger partial charge < -0.3 is 15.2 Å². The van der Waals surface area contributed by atoms with E-state index >= 15 is 0 Å². The van der Waals surface area contributed by atoms with Crippen LogP contribution < -0.4 is 10.5 Å². The minimum absolute atomic E-state index is 0.00654. The summed E-state index contributed by atoms with van der Waals surface area (Å²) < 4.78 is 10.4. The van der Waals surface area contributed by atoms with Gasteiger partial charge in [0.15, 0.2) is 0 Å². The van der Waals surface area contributed by atoms with Crippen molar-refractivity contribution >= 4 is 5.84 Å². The van der Waals surface area contributed by atoms with E-state index in [0.717, 1.165) is 0 Å². The van der Waals surface area contributed by atoms with E-state index < -0.39 is 0 Å². The van der Waals surface area contributed by atoms with Gasteiger partial charge in [-0.05, 0) is 13.0 Å². The van der Waals surface area contributed by atoms with Crippen molar-refractivity contribution < 1.29 is 9.47 Å². The summed E-state index contributed by atoms with van der Waals surface area (Å²) in [5.74, 6) is 0.467. The van der Waals surface area contributed by atoms with Gasteiger partial charge in [-0.3, -0.25) is 5.41 Å². The van der Waals surface area contributed by atoms with Gasteiger partial charge >= 0.3 is 0 Å². The fourth-order valence-corrected chi connectivity index (χ4v) is 1.01. The van der Waals surface area contributed by atoms with Crippen LogP contribution in [0.3, 0.4) is 0 Å². The van der Waals surface area contributed by atoms with E-state index in [1.165, 1.54) is 0 Å². The van der Waals surface area contributed by atoms with Crippen LogP contribution >= 0.6 is 0 Å². The summed E-state index contributed by atoms with van der Waals surface area (Å²) in [4.78, 5) is 3.99. The SMILES string of the molecule is CCOCCOc1cc(C(=N)N)ccn1. The Balaban J connectivity index is 2.47. The second-order valence-corrected chi connectivity index (χ2v) is 2.84. The molecule has 5 nitrogen and oxygen atoms in total. The van der Waals surface area contributed by atoms with Crippen LogP contribution in [0.4, 0.5) is 0 Å². The lowest BCUT2D eigenvalue weighted by atomic mass is 10.2. The molecule has 15 heavy (non-hydrogen) atoms. The van der Waals surface area contributed by atoms with Gasteiger partial charge in [-0.1, -0.05) is 0 Å². The summed E-state index contributed by atoms with van der Waals surface area (Å²) in [6.45, 7) is 3.57. The first-order valence-corrected chi connectivity index (χ1v) is 4.75. The topological polar surface area (TPSA) is 81.2 Å². The number of aromatic nitrogens is 1. The maximum absolute atomic E-state index is 7.24. The van der Waals surface area contributed by atoms with Crippen molar-refractivity contribution in [1.29, 1.82) is 5.41 Å². The summed E-state index contributed by atoms with van der Waals surface area (Å²) in [5.41, 5.74) is 5.94. The van der Waals surface area contributed by atoms with Crippen molar-refractivity contribution in [2.24, 2.45) is 5.73 Å². The third-order valence-corrected chi connectivity index (χ3v) is 1.73. The monoisotopic (exact) mass is 209 g/mol. The van der Waals surface area contributed by atoms with Gasteiger partial charge in [0.1, 0.15) is 12.4 Å². The molecule has 1 aromatic rings. The van der Waals surface area contributed by atoms with Crippen LogP contribution in [0, 0.1) is 5.41 Å². The highest BCUT2D eigenvalue weighted by atomic mass is 16.5. The van der Waals surface area contributed by atoms with Crippen LogP contribution in [0.15, 0.2) is 18.3 Å². The Kier molecular flexibility index (Phi) is 4.56. The van der Waals surface area contributed by atoms with Gasteiger partial charge in [0.2, 0.25) is 5.88 Å². The number of pyridine rings is 1. The van der Waals surface area contributed by atoms with Crippen LogP contribution in [-0.4, -0.2) is 30.6 Å². The van der Waals surface area contributed by atoms with Crippen molar-refractivity contribution in [2.75, 3.05) is 19.8 Å². The van der Waals surface area contributed by atoms with Gasteiger partial charge in [0, 0.05) is 24.4 Å². The molecule has 3 N–H and O–H groups in total. The van der Waals surface area contributed by atoms with E-state index in [0.29, 0.717) is 31.3 Å². The fourth-order valence-electron chi connectivity index (χ4n) is 1.01. The lowest BCUT2D eigenvalue weighted by Gasteiger charge is -2.06. The third kappa shape index (κ3) is 3.95. The quantitative estimate of drug-likeness (QED) is 0.412. The normalized spacial score (nSPS) is 9.93. The van der Waals surface area contributed by atoms with Crippen molar-refractivity contribution in [3.63, 3.8) is 0 Å². The summed E-state index contributed by atoms with van der Waals surface area (Å²) in [7, 11) is 0. The molecule has 0 saturated heterocycles. The van der Waals surface area contributed by atoms with Crippen molar-refractivity contribution in [2.45, 2.75) is 6.92 Å². The van der Waals surface area contributed by atoms with Crippen LogP contribution in [-0.2, 0) is 4.74 Å². The molecule has 0 saturated carbocycles. The molecule has 1 rings (SSSR count). The Bertz CT molecular complexity index is 328. The molecular weight excluding hydrogens is 194 g/mol. The predicted molar refractivity (Wildman–Crippen MR) is 57.2 cm³/mol. The lowest BCUT2D eigenvalue weighted by Crippen LogP contribution is -2.12. The smallest absolute Gasteiger partial charge is 0.213 e. The van der Waals surface area contributed by atoms with Crippen LogP contribution in [0.25, 0.3) is 0 Å². The van der Waals surface area contributed by atoms with Crippen LogP contribution in [0.2, 0.25) is 0 Å². The number of hydrogen-bond acceptors (Lipinski definition) is 4. The van der Waals surface area contributed by atoms with E-state index in [4.69, 9.17) is 20.6 Å². The molecule has 0 radical (unpaired) electrons.